The van der Waals surface area contributed by atoms with Crippen LogP contribution in [0.25, 0.3) is 0 Å². The molecule has 556 valence electrons. The van der Waals surface area contributed by atoms with Crippen molar-refractivity contribution in [2.45, 2.75) is 185 Å². The van der Waals surface area contributed by atoms with Crippen molar-refractivity contribution in [3.8, 4) is 0 Å². The lowest BCUT2D eigenvalue weighted by Gasteiger charge is -2.38. The van der Waals surface area contributed by atoms with Gasteiger partial charge in [0.15, 0.2) is 17.3 Å². The monoisotopic (exact) mass is 1430 g/mol. The minimum atomic E-state index is -0.268. The molecule has 4 saturated heterocycles. The molecule has 0 saturated carbocycles. The van der Waals surface area contributed by atoms with Crippen molar-refractivity contribution in [1.82, 2.24) is 19.6 Å². The van der Waals surface area contributed by atoms with Crippen LogP contribution in [-0.4, -0.2) is 170 Å². The number of aryl methyl sites for hydroxylation is 4. The second-order valence-corrected chi connectivity index (χ2v) is 32.2. The Kier molecular flexibility index (Phi) is 21.7. The van der Waals surface area contributed by atoms with Gasteiger partial charge in [0.1, 0.15) is 17.5 Å². The van der Waals surface area contributed by atoms with Gasteiger partial charge in [0.05, 0.1) is 6.10 Å². The zero-order chi connectivity index (χ0) is 72.5. The van der Waals surface area contributed by atoms with Gasteiger partial charge in [-0.05, 0) is 256 Å². The Morgan fingerprint density at radius 3 is 1.15 bits per heavy atom. The summed E-state index contributed by atoms with van der Waals surface area (Å²) in [7, 11) is 0. The topological polar surface area (TPSA) is 114 Å². The first kappa shape index (κ1) is 72.1. The molecule has 12 aliphatic rings. The molecule has 8 aliphatic heterocycles. The second kappa shape index (κ2) is 32.0. The van der Waals surface area contributed by atoms with E-state index in [9.17, 15) is 37.5 Å². The first-order valence-electron chi connectivity index (χ1n) is 40.3. The number of amides is 1. The van der Waals surface area contributed by atoms with Crippen molar-refractivity contribution in [3.05, 3.63) is 222 Å². The average molecular weight is 1440 g/mol. The Bertz CT molecular complexity index is 4290. The summed E-state index contributed by atoms with van der Waals surface area (Å²) < 4.78 is 39.1. The third-order valence-electron chi connectivity index (χ3n) is 26.1. The number of halogens is 3. The highest BCUT2D eigenvalue weighted by atomic mass is 19.1. The van der Waals surface area contributed by atoms with Crippen molar-refractivity contribution >= 4 is 46.0 Å². The Morgan fingerprint density at radius 2 is 0.726 bits per heavy atom. The molecule has 106 heavy (non-hydrogen) atoms. The molecule has 7 aromatic rings. The van der Waals surface area contributed by atoms with Crippen LogP contribution >= 0.6 is 0 Å². The van der Waals surface area contributed by atoms with Crippen molar-refractivity contribution in [3.63, 3.8) is 0 Å². The molecule has 1 amide bonds. The van der Waals surface area contributed by atoms with E-state index < -0.39 is 0 Å². The van der Waals surface area contributed by atoms with Gasteiger partial charge in [-0.15, -0.1) is 0 Å². The van der Waals surface area contributed by atoms with E-state index in [0.717, 1.165) is 205 Å². The van der Waals surface area contributed by atoms with E-state index in [1.54, 1.807) is 43.3 Å². The number of fused-ring (bicyclic) bond motifs is 10. The normalized spacial score (nSPS) is 20.9. The predicted octanol–water partition coefficient (Wildman–Crippen LogP) is 14.1. The van der Waals surface area contributed by atoms with Gasteiger partial charge >= 0.3 is 0 Å². The number of aliphatic hydroxyl groups is 1. The largest absolute Gasteiger partial charge is 0.388 e. The van der Waals surface area contributed by atoms with Crippen molar-refractivity contribution in [2.24, 2.45) is 0 Å². The van der Waals surface area contributed by atoms with Gasteiger partial charge in [0, 0.05) is 188 Å². The Hall–Kier alpha value is -8.15. The van der Waals surface area contributed by atoms with Crippen LogP contribution in [0, 0.1) is 17.5 Å². The standard InChI is InChI=1S/C24H27FN2O.C24H29FN2O.C24H27FN2O.C18H22N2O2/c25-19-5-1-17(2-6-19)9-13-26-14-10-20(11-15-26)27-16-12-21-22(27)7-3-18-4-8-23(28)24(18)21;2*25-20-4-1-17(2-5-20)7-11-26-12-9-21(10-13-26)27-14-8-19-15-18-3-6-24(28)22(18)16-23(19)27;1-12(21)19-9-6-14(7-10-19)20-11-8-15-16(20)4-2-13-3-5-17(22)18(13)15/h1-3,5-7,20H,4,8-16H2;1-2,4-5,15-16,21,24,28H,3,6-14H2;1-2,4-5,15-16,21H,3,6-14H2;2,4,14H,3,5-11H2,1H3. The lowest BCUT2D eigenvalue weighted by Crippen LogP contribution is -2.45. The molecule has 4 fully saturated rings. The smallest absolute Gasteiger partial charge is 0.219 e. The fraction of sp³-hybridized carbons (Fsp3) is 0.489. The summed E-state index contributed by atoms with van der Waals surface area (Å²) in [5.74, 6) is 0.701. The molecule has 1 N–H and O–H groups in total. The molecule has 7 aromatic carbocycles. The molecule has 0 bridgehead atoms. The number of carbonyl (C=O) groups is 4. The highest BCUT2D eigenvalue weighted by Crippen LogP contribution is 2.44. The lowest BCUT2D eigenvalue weighted by molar-refractivity contribution is -0.129. The number of hydrogen-bond donors (Lipinski definition) is 1. The van der Waals surface area contributed by atoms with E-state index in [4.69, 9.17) is 0 Å². The molecule has 19 rings (SSSR count). The minimum absolute atomic E-state index is 0.159. The van der Waals surface area contributed by atoms with E-state index in [1.807, 2.05) is 41.3 Å². The van der Waals surface area contributed by atoms with Crippen LogP contribution in [-0.2, 0) is 75.4 Å². The number of anilines is 4. The van der Waals surface area contributed by atoms with Gasteiger partial charge in [-0.2, -0.15) is 0 Å². The Labute approximate surface area is 624 Å². The zero-order valence-electron chi connectivity index (χ0n) is 62.1. The van der Waals surface area contributed by atoms with E-state index in [1.165, 1.54) is 128 Å². The van der Waals surface area contributed by atoms with Crippen LogP contribution in [0.5, 0.6) is 0 Å². The molecule has 13 nitrogen and oxygen atoms in total. The molecular weight excluding hydrogens is 1330 g/mol. The van der Waals surface area contributed by atoms with Gasteiger partial charge in [0.2, 0.25) is 5.91 Å². The summed E-state index contributed by atoms with van der Waals surface area (Å²) in [5.41, 5.74) is 23.8. The number of aliphatic hydroxyl groups excluding tert-OH is 1. The van der Waals surface area contributed by atoms with Crippen LogP contribution < -0.4 is 19.6 Å². The highest BCUT2D eigenvalue weighted by Gasteiger charge is 2.39. The first-order chi connectivity index (χ1) is 51.7. The number of benzene rings is 7. The fourth-order valence-corrected chi connectivity index (χ4v) is 20.0. The zero-order valence-corrected chi connectivity index (χ0v) is 62.1. The second-order valence-electron chi connectivity index (χ2n) is 32.2. The van der Waals surface area contributed by atoms with Crippen LogP contribution in [0.1, 0.15) is 188 Å². The van der Waals surface area contributed by atoms with Gasteiger partial charge in [-0.3, -0.25) is 19.2 Å². The summed E-state index contributed by atoms with van der Waals surface area (Å²) >= 11 is 0. The molecule has 0 radical (unpaired) electrons. The van der Waals surface area contributed by atoms with Gasteiger partial charge in [0.25, 0.3) is 0 Å². The molecule has 8 heterocycles. The highest BCUT2D eigenvalue weighted by molar-refractivity contribution is 6.04. The Morgan fingerprint density at radius 1 is 0.358 bits per heavy atom. The summed E-state index contributed by atoms with van der Waals surface area (Å²) in [4.78, 5) is 67.9. The molecule has 0 spiro atoms. The minimum Gasteiger partial charge on any atom is -0.388 e. The number of carbonyl (C=O) groups excluding carboxylic acids is 4. The van der Waals surface area contributed by atoms with Crippen molar-refractivity contribution < 1.29 is 37.5 Å². The van der Waals surface area contributed by atoms with Gasteiger partial charge in [-0.25, -0.2) is 13.2 Å². The van der Waals surface area contributed by atoms with Crippen molar-refractivity contribution in [2.75, 3.05) is 118 Å². The van der Waals surface area contributed by atoms with E-state index in [-0.39, 0.29) is 29.5 Å². The number of hydrogen-bond acceptors (Lipinski definition) is 12. The van der Waals surface area contributed by atoms with E-state index >= 15 is 0 Å². The van der Waals surface area contributed by atoms with Gasteiger partial charge in [-0.1, -0.05) is 60.7 Å². The summed E-state index contributed by atoms with van der Waals surface area (Å²) in [6.45, 7) is 17.5. The molecule has 4 aliphatic carbocycles. The SMILES string of the molecule is CC(=O)N1CCC(N2CCc3c2ccc2c3C(=O)CC2)CC1.O=C1CCc2cc3c(cc21)N(C1CCN(CCc2ccc(F)cc2)CC1)CC3.O=C1CCc2ccc3c(c21)CCN3C1CCN(CCc2ccc(F)cc2)CC1.OC1CCc2cc3c(cc21)N(C1CCN(CCc2ccc(F)cc2)CC1)CC3. The van der Waals surface area contributed by atoms with Crippen LogP contribution in [0.2, 0.25) is 0 Å². The quantitative estimate of drug-likeness (QED) is 0.119. The van der Waals surface area contributed by atoms with Crippen LogP contribution in [0.15, 0.2) is 121 Å². The molecule has 1 atom stereocenters. The number of Topliss-reactive ketones (excluding diaryl/α,β-unsaturated/α-hetero) is 3. The van der Waals surface area contributed by atoms with E-state index in [2.05, 4.69) is 82.8 Å². The number of nitrogens with zero attached hydrogens (tertiary/aromatic N) is 8. The van der Waals surface area contributed by atoms with Crippen molar-refractivity contribution in [1.29, 1.82) is 0 Å². The number of piperidine rings is 4. The number of ketones is 3. The molecule has 16 heteroatoms. The predicted molar refractivity (Wildman–Crippen MR) is 415 cm³/mol. The summed E-state index contributed by atoms with van der Waals surface area (Å²) in [5, 5.41) is 10.3. The maximum absolute atomic E-state index is 13.0. The first-order valence-corrected chi connectivity index (χ1v) is 40.3. The third kappa shape index (κ3) is 15.6. The summed E-state index contributed by atoms with van der Waals surface area (Å²) in [6.07, 6.45) is 22.8. The lowest BCUT2D eigenvalue weighted by atomic mass is 9.99. The maximum Gasteiger partial charge on any atom is 0.219 e. The van der Waals surface area contributed by atoms with Crippen LogP contribution in [0.3, 0.4) is 0 Å². The average Bonchev–Trinajstić information content (AvgIpc) is 1.62. The molecule has 1 unspecified atom stereocenters. The number of likely N-dealkylation sites (tertiary alicyclic amines) is 4. The van der Waals surface area contributed by atoms with Gasteiger partial charge < -0.3 is 44.3 Å². The van der Waals surface area contributed by atoms with E-state index in [0.29, 0.717) is 60.8 Å². The third-order valence-corrected chi connectivity index (χ3v) is 26.1. The molecule has 0 aromatic heterocycles. The molecular formula is C90H105F3N8O5. The Balaban J connectivity index is 0.000000109. The number of rotatable bonds is 13. The summed E-state index contributed by atoms with van der Waals surface area (Å²) in [6, 6.07) is 40.9. The maximum atomic E-state index is 13.0. The van der Waals surface area contributed by atoms with Crippen LogP contribution in [0.4, 0.5) is 35.9 Å². The fourth-order valence-electron chi connectivity index (χ4n) is 20.0.